The normalized spacial score (nSPS) is 53.3. The second kappa shape index (κ2) is 6.06. The highest BCUT2D eigenvalue weighted by Gasteiger charge is 2.56. The maximum absolute atomic E-state index is 2.70. The Balaban J connectivity index is 1.55. The molecule has 4 aliphatic rings. The van der Waals surface area contributed by atoms with Crippen molar-refractivity contribution in [3.63, 3.8) is 0 Å². The van der Waals surface area contributed by atoms with E-state index < -0.39 is 0 Å². The quantitative estimate of drug-likeness (QED) is 0.491. The van der Waals surface area contributed by atoms with Gasteiger partial charge >= 0.3 is 0 Å². The molecule has 0 saturated heterocycles. The lowest BCUT2D eigenvalue weighted by Crippen LogP contribution is -2.47. The predicted octanol–water partition coefficient (Wildman–Crippen LogP) is 6.94. The Morgan fingerprint density at radius 2 is 1.65 bits per heavy atom. The summed E-state index contributed by atoms with van der Waals surface area (Å²) in [6.07, 6.45) is 15.6. The van der Waals surface area contributed by atoms with Gasteiger partial charge in [0.2, 0.25) is 0 Å². The molecule has 8 atom stereocenters. The summed E-state index contributed by atoms with van der Waals surface area (Å²) in [6, 6.07) is 0. The summed E-state index contributed by atoms with van der Waals surface area (Å²) in [5, 5.41) is 0. The molecule has 0 spiro atoms. The predicted molar refractivity (Wildman–Crippen MR) is 99.2 cm³/mol. The Morgan fingerprint density at radius 1 is 0.826 bits per heavy atom. The first-order valence-electron chi connectivity index (χ1n) is 11.0. The molecule has 0 nitrogen and oxygen atoms in total. The van der Waals surface area contributed by atoms with E-state index >= 15 is 0 Å². The second-order valence-electron chi connectivity index (χ2n) is 10.7. The average Bonchev–Trinajstić information content (AvgIpc) is 2.74. The van der Waals surface area contributed by atoms with Crippen LogP contribution in [0.4, 0.5) is 0 Å². The number of hydrogen-bond acceptors (Lipinski definition) is 0. The van der Waals surface area contributed by atoms with Gasteiger partial charge in [0.25, 0.3) is 0 Å². The van der Waals surface area contributed by atoms with E-state index in [-0.39, 0.29) is 0 Å². The van der Waals surface area contributed by atoms with Crippen LogP contribution >= 0.6 is 0 Å². The third-order valence-corrected chi connectivity index (χ3v) is 9.34. The van der Waals surface area contributed by atoms with Crippen LogP contribution in [0.2, 0.25) is 0 Å². The van der Waals surface area contributed by atoms with Gasteiger partial charge in [0.1, 0.15) is 0 Å². The zero-order valence-electron chi connectivity index (χ0n) is 16.2. The van der Waals surface area contributed by atoms with E-state index in [0.29, 0.717) is 5.41 Å². The van der Waals surface area contributed by atoms with E-state index in [1.165, 1.54) is 19.3 Å². The molecule has 4 saturated carbocycles. The molecule has 0 aromatic carbocycles. The first-order chi connectivity index (χ1) is 11.0. The van der Waals surface area contributed by atoms with Gasteiger partial charge in [-0.3, -0.25) is 0 Å². The van der Waals surface area contributed by atoms with Crippen LogP contribution in [0, 0.1) is 52.8 Å². The van der Waals surface area contributed by atoms with Crippen molar-refractivity contribution in [2.45, 2.75) is 91.9 Å². The molecule has 132 valence electrons. The van der Waals surface area contributed by atoms with Gasteiger partial charge in [-0.25, -0.2) is 0 Å². The van der Waals surface area contributed by atoms with Crippen molar-refractivity contribution < 1.29 is 0 Å². The molecule has 0 heterocycles. The fourth-order valence-electron chi connectivity index (χ4n) is 8.45. The maximum Gasteiger partial charge on any atom is -0.0264 e. The van der Waals surface area contributed by atoms with E-state index in [0.717, 1.165) is 47.3 Å². The monoisotopic (exact) mass is 316 g/mol. The van der Waals surface area contributed by atoms with Crippen LogP contribution < -0.4 is 0 Å². The molecule has 0 bridgehead atoms. The lowest BCUT2D eigenvalue weighted by atomic mass is 9.50. The van der Waals surface area contributed by atoms with Crippen molar-refractivity contribution in [3.05, 3.63) is 0 Å². The Labute approximate surface area is 145 Å². The van der Waals surface area contributed by atoms with Crippen LogP contribution in [0.3, 0.4) is 0 Å². The zero-order valence-corrected chi connectivity index (χ0v) is 16.2. The van der Waals surface area contributed by atoms with Gasteiger partial charge in [0.05, 0.1) is 0 Å². The maximum atomic E-state index is 2.70. The summed E-state index contributed by atoms with van der Waals surface area (Å²) in [7, 11) is 0. The van der Waals surface area contributed by atoms with Crippen LogP contribution in [0.1, 0.15) is 91.9 Å². The number of fused-ring (bicyclic) bond motifs is 5. The zero-order chi connectivity index (χ0) is 16.2. The van der Waals surface area contributed by atoms with Gasteiger partial charge in [0.15, 0.2) is 0 Å². The van der Waals surface area contributed by atoms with Crippen molar-refractivity contribution >= 4 is 0 Å². The van der Waals surface area contributed by atoms with Gasteiger partial charge in [-0.1, -0.05) is 40.5 Å². The molecule has 4 aliphatic carbocycles. The molecule has 0 aliphatic heterocycles. The van der Waals surface area contributed by atoms with Crippen LogP contribution in [0.25, 0.3) is 0 Å². The molecule has 4 fully saturated rings. The van der Waals surface area contributed by atoms with Gasteiger partial charge in [-0.2, -0.15) is 0 Å². The van der Waals surface area contributed by atoms with Crippen LogP contribution in [0.5, 0.6) is 0 Å². The minimum Gasteiger partial charge on any atom is -0.0625 e. The standard InChI is InChI=1S/C23H40/c1-15(2)21-10-11-22-20-9-8-17-14-16(3)6-5-7-18(17)19(20)12-13-23(21,22)4/h15-22H,5-14H2,1-4H3. The molecule has 8 unspecified atom stereocenters. The van der Waals surface area contributed by atoms with Gasteiger partial charge in [-0.05, 0) is 104 Å². The third kappa shape index (κ3) is 2.62. The Hall–Kier alpha value is 0. The molecule has 0 radical (unpaired) electrons. The summed E-state index contributed by atoms with van der Waals surface area (Å²) >= 11 is 0. The Morgan fingerprint density at radius 3 is 2.43 bits per heavy atom. The van der Waals surface area contributed by atoms with Gasteiger partial charge < -0.3 is 0 Å². The first kappa shape index (κ1) is 16.5. The molecule has 0 heteroatoms. The second-order valence-corrected chi connectivity index (χ2v) is 10.7. The summed E-state index contributed by atoms with van der Waals surface area (Å²) in [5.41, 5.74) is 0.695. The Kier molecular flexibility index (Phi) is 4.34. The van der Waals surface area contributed by atoms with Crippen molar-refractivity contribution in [3.8, 4) is 0 Å². The molecule has 0 aromatic heterocycles. The minimum atomic E-state index is 0.695. The van der Waals surface area contributed by atoms with Gasteiger partial charge in [-0.15, -0.1) is 0 Å². The van der Waals surface area contributed by atoms with Crippen molar-refractivity contribution in [1.82, 2.24) is 0 Å². The average molecular weight is 317 g/mol. The van der Waals surface area contributed by atoms with Gasteiger partial charge in [0, 0.05) is 0 Å². The lowest BCUT2D eigenvalue weighted by molar-refractivity contribution is -0.0602. The number of hydrogen-bond donors (Lipinski definition) is 0. The van der Waals surface area contributed by atoms with Crippen LogP contribution in [0.15, 0.2) is 0 Å². The SMILES string of the molecule is CC1CCCC2C(CCC3C2CCC2(C)C(C(C)C)CCC32)C1. The molecule has 0 amide bonds. The fraction of sp³-hybridized carbons (Fsp3) is 1.00. The van der Waals surface area contributed by atoms with Crippen molar-refractivity contribution in [2.75, 3.05) is 0 Å². The topological polar surface area (TPSA) is 0 Å². The summed E-state index contributed by atoms with van der Waals surface area (Å²) in [4.78, 5) is 0. The highest BCUT2D eigenvalue weighted by molar-refractivity contribution is 5.06. The van der Waals surface area contributed by atoms with E-state index in [9.17, 15) is 0 Å². The molecule has 23 heavy (non-hydrogen) atoms. The van der Waals surface area contributed by atoms with E-state index in [1.807, 2.05) is 0 Å². The molecular weight excluding hydrogens is 276 g/mol. The van der Waals surface area contributed by atoms with Crippen molar-refractivity contribution in [2.24, 2.45) is 52.8 Å². The van der Waals surface area contributed by atoms with E-state index in [2.05, 4.69) is 27.7 Å². The largest absolute Gasteiger partial charge is 0.0625 e. The smallest absolute Gasteiger partial charge is 0.0264 e. The van der Waals surface area contributed by atoms with E-state index in [1.54, 1.807) is 44.9 Å². The van der Waals surface area contributed by atoms with Crippen LogP contribution in [-0.2, 0) is 0 Å². The first-order valence-corrected chi connectivity index (χ1v) is 11.0. The number of rotatable bonds is 1. The molecule has 4 rings (SSSR count). The molecule has 0 N–H and O–H groups in total. The third-order valence-electron chi connectivity index (χ3n) is 9.34. The van der Waals surface area contributed by atoms with Crippen molar-refractivity contribution in [1.29, 1.82) is 0 Å². The Bertz CT molecular complexity index is 424. The summed E-state index contributed by atoms with van der Waals surface area (Å²) < 4.78 is 0. The summed E-state index contributed by atoms with van der Waals surface area (Å²) in [5.74, 6) is 8.43. The highest BCUT2D eigenvalue weighted by Crippen LogP contribution is 2.65. The van der Waals surface area contributed by atoms with E-state index in [4.69, 9.17) is 0 Å². The lowest BCUT2D eigenvalue weighted by Gasteiger charge is -2.55. The molecular formula is C23H40. The molecule has 0 aromatic rings. The van der Waals surface area contributed by atoms with Crippen LogP contribution in [-0.4, -0.2) is 0 Å². The summed E-state index contributed by atoms with van der Waals surface area (Å²) in [6.45, 7) is 10.2. The highest BCUT2D eigenvalue weighted by atomic mass is 14.6. The fourth-order valence-corrected chi connectivity index (χ4v) is 8.45. The minimum absolute atomic E-state index is 0.695.